The summed E-state index contributed by atoms with van der Waals surface area (Å²) in [6.07, 6.45) is 5.55. The molecule has 45 heavy (non-hydrogen) atoms. The van der Waals surface area contributed by atoms with Crippen LogP contribution in [0.3, 0.4) is 0 Å². The summed E-state index contributed by atoms with van der Waals surface area (Å²) in [6.45, 7) is 5.72. The fourth-order valence-electron chi connectivity index (χ4n) is 6.37. The maximum absolute atomic E-state index is 14.1. The molecule has 2 fully saturated rings. The second-order valence-corrected chi connectivity index (χ2v) is 13.8. The van der Waals surface area contributed by atoms with E-state index in [4.69, 9.17) is 26.8 Å². The smallest absolute Gasteiger partial charge is 0.410 e. The van der Waals surface area contributed by atoms with Crippen LogP contribution in [0.5, 0.6) is 0 Å². The minimum Gasteiger partial charge on any atom is -0.444 e. The number of hydrogen-bond donors (Lipinski definition) is 3. The predicted molar refractivity (Wildman–Crippen MR) is 165 cm³/mol. The molecule has 13 heteroatoms. The number of alkyl carbamates (subject to hydrolysis) is 1. The Morgan fingerprint density at radius 3 is 2.62 bits per heavy atom. The third-order valence-corrected chi connectivity index (χ3v) is 9.18. The van der Waals surface area contributed by atoms with E-state index in [-0.39, 0.29) is 25.4 Å². The van der Waals surface area contributed by atoms with E-state index in [1.54, 1.807) is 26.8 Å². The van der Waals surface area contributed by atoms with E-state index in [1.807, 2.05) is 24.3 Å². The summed E-state index contributed by atoms with van der Waals surface area (Å²) in [5, 5.41) is 6.10. The number of ether oxygens (including phenoxy) is 2. The van der Waals surface area contributed by atoms with E-state index in [0.29, 0.717) is 30.8 Å². The standard InChI is InChI=1S/C32H42ClN5O7/c1-31(2,3)45-29(42)35-24-13-8-6-4-5-7-11-20-15-32(20,28(34)41)36-26(39)25-14-21(17-38(25)27(24)40)44-30(43)37-16-19-10-9-12-23(33)22(19)18-37/h7,9-12,20-21,24-25H,4-6,8,13-18H2,1-3H3,(H2,34,41)(H,35,42)(H,36,39)/b11-7-/t20-,21+,24-,25-,32+/m0/s1. The van der Waals surface area contributed by atoms with Crippen molar-refractivity contribution in [3.8, 4) is 0 Å². The molecule has 0 bridgehead atoms. The Kier molecular flexibility index (Phi) is 9.34. The fourth-order valence-corrected chi connectivity index (χ4v) is 6.62. The topological polar surface area (TPSA) is 160 Å². The van der Waals surface area contributed by atoms with Gasteiger partial charge < -0.3 is 30.7 Å². The summed E-state index contributed by atoms with van der Waals surface area (Å²) in [7, 11) is 0. The monoisotopic (exact) mass is 643 g/mol. The van der Waals surface area contributed by atoms with Crippen LogP contribution in [-0.2, 0) is 36.9 Å². The normalized spacial score (nSPS) is 29.2. The van der Waals surface area contributed by atoms with Gasteiger partial charge in [-0.15, -0.1) is 0 Å². The highest BCUT2D eigenvalue weighted by atomic mass is 35.5. The quantitative estimate of drug-likeness (QED) is 0.425. The lowest BCUT2D eigenvalue weighted by Gasteiger charge is -2.30. The molecule has 3 heterocycles. The van der Waals surface area contributed by atoms with Crippen molar-refractivity contribution < 1.29 is 33.4 Å². The second kappa shape index (κ2) is 12.9. The number of fused-ring (bicyclic) bond motifs is 3. The van der Waals surface area contributed by atoms with Gasteiger partial charge in [-0.3, -0.25) is 19.3 Å². The van der Waals surface area contributed by atoms with Crippen LogP contribution < -0.4 is 16.4 Å². The number of nitrogens with two attached hydrogens (primary N) is 1. The zero-order valence-electron chi connectivity index (χ0n) is 26.0. The van der Waals surface area contributed by atoms with E-state index in [1.165, 1.54) is 9.80 Å². The fraction of sp³-hybridized carbons (Fsp3) is 0.594. The Morgan fingerprint density at radius 1 is 1.13 bits per heavy atom. The Hall–Kier alpha value is -3.80. The number of carbonyl (C=O) groups is 5. The number of nitrogens with zero attached hydrogens (tertiary/aromatic N) is 2. The van der Waals surface area contributed by atoms with Crippen LogP contribution in [0.4, 0.5) is 9.59 Å². The Morgan fingerprint density at radius 2 is 1.91 bits per heavy atom. The summed E-state index contributed by atoms with van der Waals surface area (Å²) in [4.78, 5) is 69.3. The Bertz CT molecular complexity index is 1390. The largest absolute Gasteiger partial charge is 0.444 e. The van der Waals surface area contributed by atoms with E-state index in [9.17, 15) is 24.0 Å². The number of carbonyl (C=O) groups excluding carboxylic acids is 5. The van der Waals surface area contributed by atoms with Gasteiger partial charge in [-0.05, 0) is 63.6 Å². The van der Waals surface area contributed by atoms with Gasteiger partial charge in [0.15, 0.2) is 0 Å². The Balaban J connectivity index is 1.37. The van der Waals surface area contributed by atoms with Crippen molar-refractivity contribution in [2.45, 2.75) is 108 Å². The average Bonchev–Trinajstić information content (AvgIpc) is 3.27. The van der Waals surface area contributed by atoms with Gasteiger partial charge in [-0.1, -0.05) is 48.7 Å². The number of hydrogen-bond acceptors (Lipinski definition) is 7. The molecule has 1 aromatic rings. The van der Waals surface area contributed by atoms with Crippen LogP contribution in [0.25, 0.3) is 0 Å². The molecule has 1 saturated carbocycles. The van der Waals surface area contributed by atoms with Crippen molar-refractivity contribution in [3.63, 3.8) is 0 Å². The van der Waals surface area contributed by atoms with Gasteiger partial charge in [0.05, 0.1) is 13.1 Å². The first-order valence-corrected chi connectivity index (χ1v) is 16.0. The van der Waals surface area contributed by atoms with Crippen LogP contribution in [0.1, 0.15) is 76.8 Å². The molecule has 4 aliphatic rings. The molecule has 1 aliphatic carbocycles. The molecule has 1 saturated heterocycles. The Labute approximate surface area is 268 Å². The maximum Gasteiger partial charge on any atom is 0.410 e. The van der Waals surface area contributed by atoms with Crippen LogP contribution >= 0.6 is 11.6 Å². The van der Waals surface area contributed by atoms with Gasteiger partial charge in [-0.2, -0.15) is 0 Å². The number of nitrogens with one attached hydrogen (secondary N) is 2. The molecule has 5 amide bonds. The van der Waals surface area contributed by atoms with Gasteiger partial charge in [0.2, 0.25) is 17.7 Å². The summed E-state index contributed by atoms with van der Waals surface area (Å²) >= 11 is 6.33. The highest BCUT2D eigenvalue weighted by molar-refractivity contribution is 6.31. The molecule has 0 unspecified atom stereocenters. The second-order valence-electron chi connectivity index (χ2n) is 13.4. The SMILES string of the molecule is CC(C)(C)OC(=O)N[C@H]1CCCCC/C=C\[C@H]2C[C@@]2(C(N)=O)NC(=O)[C@@H]2C[C@@H](OC(=O)N3Cc4cccc(Cl)c4C3)CN2C1=O. The first-order chi connectivity index (χ1) is 21.3. The van der Waals surface area contributed by atoms with Crippen molar-refractivity contribution in [3.05, 3.63) is 46.5 Å². The maximum atomic E-state index is 14.1. The van der Waals surface area contributed by atoms with E-state index in [0.717, 1.165) is 30.4 Å². The third-order valence-electron chi connectivity index (χ3n) is 8.82. The van der Waals surface area contributed by atoms with E-state index in [2.05, 4.69) is 10.6 Å². The molecule has 1 aromatic carbocycles. The molecule has 0 radical (unpaired) electrons. The molecular formula is C32H42ClN5O7. The highest BCUT2D eigenvalue weighted by Crippen LogP contribution is 2.45. The van der Waals surface area contributed by atoms with Crippen molar-refractivity contribution in [2.75, 3.05) is 6.54 Å². The predicted octanol–water partition coefficient (Wildman–Crippen LogP) is 3.54. The van der Waals surface area contributed by atoms with Gasteiger partial charge in [-0.25, -0.2) is 9.59 Å². The lowest BCUT2D eigenvalue weighted by Crippen LogP contribution is -2.57. The zero-order valence-corrected chi connectivity index (χ0v) is 26.7. The zero-order chi connectivity index (χ0) is 32.5. The summed E-state index contributed by atoms with van der Waals surface area (Å²) in [5.74, 6) is -1.95. The van der Waals surface area contributed by atoms with Gasteiger partial charge >= 0.3 is 12.2 Å². The van der Waals surface area contributed by atoms with Crippen LogP contribution in [-0.4, -0.2) is 75.6 Å². The molecule has 5 rings (SSSR count). The van der Waals surface area contributed by atoms with Gasteiger partial charge in [0, 0.05) is 23.9 Å². The number of rotatable bonds is 3. The first-order valence-electron chi connectivity index (χ1n) is 15.6. The molecule has 244 valence electrons. The number of halogens is 1. The molecular weight excluding hydrogens is 602 g/mol. The minimum absolute atomic E-state index is 0.0133. The lowest BCUT2D eigenvalue weighted by atomic mass is 10.0. The van der Waals surface area contributed by atoms with Crippen molar-refractivity contribution in [2.24, 2.45) is 11.7 Å². The average molecular weight is 644 g/mol. The number of amides is 5. The van der Waals surface area contributed by atoms with Crippen LogP contribution in [0.15, 0.2) is 30.4 Å². The third kappa shape index (κ3) is 7.37. The van der Waals surface area contributed by atoms with Crippen molar-refractivity contribution >= 4 is 41.5 Å². The molecule has 12 nitrogen and oxygen atoms in total. The van der Waals surface area contributed by atoms with Crippen LogP contribution in [0, 0.1) is 5.92 Å². The molecule has 0 spiro atoms. The number of allylic oxidation sites excluding steroid dienone is 1. The van der Waals surface area contributed by atoms with E-state index >= 15 is 0 Å². The van der Waals surface area contributed by atoms with Crippen LogP contribution in [0.2, 0.25) is 5.02 Å². The number of benzene rings is 1. The first kappa shape index (κ1) is 32.6. The van der Waals surface area contributed by atoms with Gasteiger partial charge in [0.25, 0.3) is 0 Å². The molecule has 5 atom stereocenters. The lowest BCUT2D eigenvalue weighted by molar-refractivity contribution is -0.141. The molecule has 0 aromatic heterocycles. The molecule has 3 aliphatic heterocycles. The van der Waals surface area contributed by atoms with Crippen molar-refractivity contribution in [1.29, 1.82) is 0 Å². The summed E-state index contributed by atoms with van der Waals surface area (Å²) in [5.41, 5.74) is 5.51. The summed E-state index contributed by atoms with van der Waals surface area (Å²) < 4.78 is 11.3. The molecule has 4 N–H and O–H groups in total. The highest BCUT2D eigenvalue weighted by Gasteiger charge is 2.60. The number of primary amides is 1. The summed E-state index contributed by atoms with van der Waals surface area (Å²) in [6, 6.07) is 3.46. The van der Waals surface area contributed by atoms with E-state index < -0.39 is 59.2 Å². The van der Waals surface area contributed by atoms with Gasteiger partial charge in [0.1, 0.15) is 29.3 Å². The van der Waals surface area contributed by atoms with Crippen molar-refractivity contribution in [1.82, 2.24) is 20.4 Å². The minimum atomic E-state index is -1.24.